The fourth-order valence-electron chi connectivity index (χ4n) is 5.32. The SMILES string of the molecule is Cc1ccc(NC(=O)CCN2C(=S)NC(c3ccccn3)C2c2cc(C)n(-c3cccc(C)c3)c2C)cc1. The third kappa shape index (κ3) is 5.20. The van der Waals surface area contributed by atoms with E-state index in [2.05, 4.69) is 76.2 Å². The van der Waals surface area contributed by atoms with Crippen LogP contribution in [0.1, 0.15) is 52.3 Å². The highest BCUT2D eigenvalue weighted by atomic mass is 32.1. The van der Waals surface area contributed by atoms with Crippen molar-refractivity contribution in [3.8, 4) is 5.69 Å². The van der Waals surface area contributed by atoms with Crippen LogP contribution < -0.4 is 10.6 Å². The van der Waals surface area contributed by atoms with Crippen LogP contribution in [0.3, 0.4) is 0 Å². The Kier molecular flexibility index (Phi) is 7.29. The van der Waals surface area contributed by atoms with Gasteiger partial charge in [0.2, 0.25) is 5.91 Å². The molecule has 2 aromatic heterocycles. The first kappa shape index (κ1) is 25.7. The summed E-state index contributed by atoms with van der Waals surface area (Å²) in [6, 6.07) is 24.3. The van der Waals surface area contributed by atoms with Crippen LogP contribution in [-0.4, -0.2) is 32.0 Å². The van der Waals surface area contributed by atoms with E-state index in [-0.39, 0.29) is 18.0 Å². The van der Waals surface area contributed by atoms with Crippen LogP contribution in [0.2, 0.25) is 0 Å². The maximum absolute atomic E-state index is 12.9. The second-order valence-electron chi connectivity index (χ2n) is 9.99. The molecule has 0 bridgehead atoms. The molecule has 1 fully saturated rings. The van der Waals surface area contributed by atoms with E-state index < -0.39 is 0 Å². The lowest BCUT2D eigenvalue weighted by atomic mass is 9.96. The molecule has 2 unspecified atom stereocenters. The number of rotatable bonds is 7. The number of hydrogen-bond acceptors (Lipinski definition) is 3. The predicted molar refractivity (Wildman–Crippen MR) is 157 cm³/mol. The molecule has 2 aromatic carbocycles. The quantitative estimate of drug-likeness (QED) is 0.286. The molecule has 0 radical (unpaired) electrons. The van der Waals surface area contributed by atoms with Crippen LogP contribution in [-0.2, 0) is 4.79 Å². The average molecular weight is 524 g/mol. The zero-order valence-electron chi connectivity index (χ0n) is 22.2. The molecule has 4 aromatic rings. The molecule has 5 rings (SSSR count). The number of aromatic nitrogens is 2. The van der Waals surface area contributed by atoms with Crippen LogP contribution in [0, 0.1) is 27.7 Å². The van der Waals surface area contributed by atoms with Crippen molar-refractivity contribution in [1.82, 2.24) is 19.8 Å². The van der Waals surface area contributed by atoms with Crippen molar-refractivity contribution in [1.29, 1.82) is 0 Å². The van der Waals surface area contributed by atoms with Crippen molar-refractivity contribution in [2.45, 2.75) is 46.2 Å². The lowest BCUT2D eigenvalue weighted by Crippen LogP contribution is -2.32. The van der Waals surface area contributed by atoms with Gasteiger partial charge >= 0.3 is 0 Å². The minimum Gasteiger partial charge on any atom is -0.352 e. The van der Waals surface area contributed by atoms with E-state index in [1.54, 1.807) is 0 Å². The smallest absolute Gasteiger partial charge is 0.226 e. The zero-order valence-corrected chi connectivity index (χ0v) is 23.0. The summed E-state index contributed by atoms with van der Waals surface area (Å²) in [5.74, 6) is -0.0399. The van der Waals surface area contributed by atoms with Crippen LogP contribution in [0.15, 0.2) is 79.0 Å². The molecule has 2 atom stereocenters. The number of carbonyl (C=O) groups excluding carboxylic acids is 1. The van der Waals surface area contributed by atoms with Gasteiger partial charge in [-0.15, -0.1) is 0 Å². The fourth-order valence-corrected chi connectivity index (χ4v) is 5.65. The number of nitrogens with zero attached hydrogens (tertiary/aromatic N) is 3. The Balaban J connectivity index is 1.46. The number of aryl methyl sites for hydroxylation is 3. The van der Waals surface area contributed by atoms with E-state index in [1.165, 1.54) is 11.1 Å². The lowest BCUT2D eigenvalue weighted by Gasteiger charge is -2.28. The summed E-state index contributed by atoms with van der Waals surface area (Å²) in [4.78, 5) is 19.7. The molecular weight excluding hydrogens is 490 g/mol. The molecule has 1 aliphatic heterocycles. The first-order chi connectivity index (χ1) is 18.3. The molecule has 1 amide bonds. The van der Waals surface area contributed by atoms with Crippen LogP contribution >= 0.6 is 12.2 Å². The molecule has 1 saturated heterocycles. The summed E-state index contributed by atoms with van der Waals surface area (Å²) in [6.45, 7) is 8.92. The van der Waals surface area contributed by atoms with Gasteiger partial charge in [-0.25, -0.2) is 0 Å². The molecule has 2 N–H and O–H groups in total. The van der Waals surface area contributed by atoms with E-state index >= 15 is 0 Å². The van der Waals surface area contributed by atoms with Gasteiger partial charge in [0.1, 0.15) is 0 Å². The fraction of sp³-hybridized carbons (Fsp3) is 0.258. The van der Waals surface area contributed by atoms with Crippen molar-refractivity contribution >= 4 is 28.9 Å². The van der Waals surface area contributed by atoms with Gasteiger partial charge < -0.3 is 20.1 Å². The summed E-state index contributed by atoms with van der Waals surface area (Å²) < 4.78 is 2.29. The van der Waals surface area contributed by atoms with Crippen molar-refractivity contribution in [2.24, 2.45) is 0 Å². The standard InChI is InChI=1S/C31H33N5OS/c1-20-11-13-24(14-12-20)33-28(37)15-17-35-30(29(34-31(35)38)27-10-5-6-16-32-27)26-19-22(3)36(23(26)4)25-9-7-8-21(2)18-25/h5-14,16,18-19,29-30H,15,17H2,1-4H3,(H,33,37)(H,34,38). The average Bonchev–Trinajstić information content (AvgIpc) is 3.39. The maximum Gasteiger partial charge on any atom is 0.226 e. The molecule has 6 nitrogen and oxygen atoms in total. The number of hydrogen-bond donors (Lipinski definition) is 2. The monoisotopic (exact) mass is 523 g/mol. The minimum atomic E-state index is -0.129. The van der Waals surface area contributed by atoms with Gasteiger partial charge in [-0.3, -0.25) is 9.78 Å². The van der Waals surface area contributed by atoms with E-state index in [0.29, 0.717) is 18.1 Å². The molecule has 7 heteroatoms. The third-order valence-corrected chi connectivity index (χ3v) is 7.51. The Morgan fingerprint density at radius 2 is 1.76 bits per heavy atom. The van der Waals surface area contributed by atoms with E-state index in [1.807, 2.05) is 55.6 Å². The Labute approximate surface area is 229 Å². The topological polar surface area (TPSA) is 62.2 Å². The number of benzene rings is 2. The Hall–Kier alpha value is -3.97. The maximum atomic E-state index is 12.9. The number of thiocarbonyl (C=S) groups is 1. The summed E-state index contributed by atoms with van der Waals surface area (Å²) >= 11 is 5.83. The Bertz CT molecular complexity index is 1460. The van der Waals surface area contributed by atoms with E-state index in [4.69, 9.17) is 12.2 Å². The minimum absolute atomic E-state index is 0.0399. The molecule has 3 heterocycles. The number of carbonyl (C=O) groups is 1. The second-order valence-corrected chi connectivity index (χ2v) is 10.4. The van der Waals surface area contributed by atoms with Gasteiger partial charge in [-0.05, 0) is 93.5 Å². The summed E-state index contributed by atoms with van der Waals surface area (Å²) in [5, 5.41) is 7.15. The highest BCUT2D eigenvalue weighted by molar-refractivity contribution is 7.80. The van der Waals surface area contributed by atoms with Crippen LogP contribution in [0.5, 0.6) is 0 Å². The highest BCUT2D eigenvalue weighted by Gasteiger charge is 2.41. The lowest BCUT2D eigenvalue weighted by molar-refractivity contribution is -0.116. The van der Waals surface area contributed by atoms with Crippen LogP contribution in [0.4, 0.5) is 5.69 Å². The predicted octanol–water partition coefficient (Wildman–Crippen LogP) is 6.11. The molecule has 38 heavy (non-hydrogen) atoms. The number of amides is 1. The highest BCUT2D eigenvalue weighted by Crippen LogP contribution is 2.41. The van der Waals surface area contributed by atoms with Gasteiger partial charge in [0.05, 0.1) is 17.8 Å². The van der Waals surface area contributed by atoms with Crippen molar-refractivity contribution in [3.05, 3.63) is 113 Å². The first-order valence-electron chi connectivity index (χ1n) is 12.9. The number of pyridine rings is 1. The van der Waals surface area contributed by atoms with Gasteiger partial charge in [0.15, 0.2) is 5.11 Å². The van der Waals surface area contributed by atoms with E-state index in [9.17, 15) is 4.79 Å². The summed E-state index contributed by atoms with van der Waals surface area (Å²) in [5.41, 5.74) is 8.71. The first-order valence-corrected chi connectivity index (χ1v) is 13.3. The molecule has 0 spiro atoms. The Morgan fingerprint density at radius 1 is 0.974 bits per heavy atom. The van der Waals surface area contributed by atoms with Crippen molar-refractivity contribution in [3.63, 3.8) is 0 Å². The molecule has 1 aliphatic rings. The van der Waals surface area contributed by atoms with Crippen LogP contribution in [0.25, 0.3) is 5.69 Å². The number of anilines is 1. The molecule has 0 aliphatic carbocycles. The third-order valence-electron chi connectivity index (χ3n) is 7.16. The summed E-state index contributed by atoms with van der Waals surface area (Å²) in [6.07, 6.45) is 2.13. The van der Waals surface area contributed by atoms with Gasteiger partial charge in [-0.1, -0.05) is 35.9 Å². The second kappa shape index (κ2) is 10.8. The molecule has 0 saturated carbocycles. The largest absolute Gasteiger partial charge is 0.352 e. The summed E-state index contributed by atoms with van der Waals surface area (Å²) in [7, 11) is 0. The van der Waals surface area contributed by atoms with Gasteiger partial charge in [-0.2, -0.15) is 0 Å². The van der Waals surface area contributed by atoms with Gasteiger partial charge in [0, 0.05) is 41.9 Å². The normalized spacial score (nSPS) is 16.9. The molecular formula is C31H33N5OS. The zero-order chi connectivity index (χ0) is 26.8. The van der Waals surface area contributed by atoms with Crippen molar-refractivity contribution in [2.75, 3.05) is 11.9 Å². The van der Waals surface area contributed by atoms with Gasteiger partial charge in [0.25, 0.3) is 0 Å². The van der Waals surface area contributed by atoms with E-state index in [0.717, 1.165) is 34.0 Å². The molecule has 194 valence electrons. The van der Waals surface area contributed by atoms with Crippen molar-refractivity contribution < 1.29 is 4.79 Å². The number of nitrogens with one attached hydrogen (secondary N) is 2. The Morgan fingerprint density at radius 3 is 2.47 bits per heavy atom.